The van der Waals surface area contributed by atoms with Crippen molar-refractivity contribution in [1.29, 1.82) is 0 Å². The third-order valence-corrected chi connectivity index (χ3v) is 4.52. The van der Waals surface area contributed by atoms with Gasteiger partial charge in [0, 0.05) is 16.8 Å². The minimum Gasteiger partial charge on any atom is -0.497 e. The molecule has 0 fully saturated rings. The maximum atomic E-state index is 12.4. The topological polar surface area (TPSA) is 86.5 Å². The summed E-state index contributed by atoms with van der Waals surface area (Å²) < 4.78 is 15.9. The maximum absolute atomic E-state index is 12.4. The second-order valence-electron chi connectivity index (χ2n) is 6.38. The molecule has 4 rings (SSSR count). The highest BCUT2D eigenvalue weighted by atomic mass is 16.5. The van der Waals surface area contributed by atoms with Gasteiger partial charge in [-0.05, 0) is 60.7 Å². The number of aromatic nitrogens is 2. The average molecular weight is 401 g/mol. The van der Waals surface area contributed by atoms with E-state index in [0.29, 0.717) is 34.5 Å². The highest BCUT2D eigenvalue weighted by Crippen LogP contribution is 2.29. The van der Waals surface area contributed by atoms with E-state index >= 15 is 0 Å². The van der Waals surface area contributed by atoms with E-state index in [1.54, 1.807) is 50.6 Å². The molecule has 1 aromatic heterocycles. The van der Waals surface area contributed by atoms with Gasteiger partial charge in [0.2, 0.25) is 5.82 Å². The molecule has 7 nitrogen and oxygen atoms in total. The van der Waals surface area contributed by atoms with Gasteiger partial charge < -0.3 is 19.3 Å². The summed E-state index contributed by atoms with van der Waals surface area (Å²) in [5.74, 6) is 1.98. The number of carbonyl (C=O) groups excluding carboxylic acids is 1. The lowest BCUT2D eigenvalue weighted by atomic mass is 10.1. The summed E-state index contributed by atoms with van der Waals surface area (Å²) in [5.41, 5.74) is 2.69. The first-order chi connectivity index (χ1) is 14.7. The first-order valence-electron chi connectivity index (χ1n) is 9.21. The SMILES string of the molecule is COc1ccc(C(=O)Nc2ccc(-c3nc(-c4ccccc4OC)no3)cc2)cc1. The summed E-state index contributed by atoms with van der Waals surface area (Å²) in [4.78, 5) is 16.8. The van der Waals surface area contributed by atoms with Gasteiger partial charge in [0.15, 0.2) is 0 Å². The van der Waals surface area contributed by atoms with Gasteiger partial charge in [0.1, 0.15) is 11.5 Å². The zero-order chi connectivity index (χ0) is 20.9. The van der Waals surface area contributed by atoms with Gasteiger partial charge in [0.25, 0.3) is 11.8 Å². The molecule has 1 N–H and O–H groups in total. The van der Waals surface area contributed by atoms with Crippen molar-refractivity contribution in [2.75, 3.05) is 19.5 Å². The fourth-order valence-corrected chi connectivity index (χ4v) is 2.92. The molecule has 7 heteroatoms. The Hall–Kier alpha value is -4.13. The number of ether oxygens (including phenoxy) is 2. The van der Waals surface area contributed by atoms with Crippen molar-refractivity contribution in [3.63, 3.8) is 0 Å². The van der Waals surface area contributed by atoms with Crippen LogP contribution in [0.5, 0.6) is 11.5 Å². The minimum atomic E-state index is -0.207. The number of rotatable bonds is 6. The van der Waals surface area contributed by atoms with Crippen LogP contribution < -0.4 is 14.8 Å². The Bertz CT molecular complexity index is 1150. The number of methoxy groups -OCH3 is 2. The third kappa shape index (κ3) is 4.00. The Kier molecular flexibility index (Phi) is 5.43. The van der Waals surface area contributed by atoms with E-state index in [1.165, 1.54) is 0 Å². The monoisotopic (exact) mass is 401 g/mol. The van der Waals surface area contributed by atoms with Gasteiger partial charge in [-0.3, -0.25) is 4.79 Å². The van der Waals surface area contributed by atoms with Gasteiger partial charge in [0.05, 0.1) is 19.8 Å². The normalized spacial score (nSPS) is 10.5. The highest BCUT2D eigenvalue weighted by molar-refractivity contribution is 6.04. The first kappa shape index (κ1) is 19.2. The second kappa shape index (κ2) is 8.48. The maximum Gasteiger partial charge on any atom is 0.258 e. The van der Waals surface area contributed by atoms with Crippen molar-refractivity contribution in [2.24, 2.45) is 0 Å². The van der Waals surface area contributed by atoms with E-state index in [-0.39, 0.29) is 5.91 Å². The number of carbonyl (C=O) groups is 1. The van der Waals surface area contributed by atoms with Crippen LogP contribution in [0, 0.1) is 0 Å². The minimum absolute atomic E-state index is 0.207. The summed E-state index contributed by atoms with van der Waals surface area (Å²) in [6.07, 6.45) is 0. The molecule has 30 heavy (non-hydrogen) atoms. The first-order valence-corrected chi connectivity index (χ1v) is 9.21. The van der Waals surface area contributed by atoms with Crippen LogP contribution in [0.4, 0.5) is 5.69 Å². The molecule has 0 saturated carbocycles. The van der Waals surface area contributed by atoms with Crippen LogP contribution in [0.1, 0.15) is 10.4 Å². The summed E-state index contributed by atoms with van der Waals surface area (Å²) in [6.45, 7) is 0. The van der Waals surface area contributed by atoms with Crippen LogP contribution in [-0.2, 0) is 0 Å². The summed E-state index contributed by atoms with van der Waals surface area (Å²) >= 11 is 0. The summed E-state index contributed by atoms with van der Waals surface area (Å²) in [6, 6.07) is 21.5. The number of amides is 1. The van der Waals surface area contributed by atoms with Crippen LogP contribution in [0.3, 0.4) is 0 Å². The highest BCUT2D eigenvalue weighted by Gasteiger charge is 2.14. The lowest BCUT2D eigenvalue weighted by molar-refractivity contribution is 0.102. The Morgan fingerprint density at radius 1 is 0.900 bits per heavy atom. The van der Waals surface area contributed by atoms with Crippen molar-refractivity contribution in [1.82, 2.24) is 10.1 Å². The van der Waals surface area contributed by atoms with Crippen LogP contribution in [-0.4, -0.2) is 30.3 Å². The van der Waals surface area contributed by atoms with Crippen LogP contribution in [0.25, 0.3) is 22.8 Å². The molecule has 0 spiro atoms. The predicted molar refractivity (Wildman–Crippen MR) is 113 cm³/mol. The van der Waals surface area contributed by atoms with Crippen LogP contribution >= 0.6 is 0 Å². The predicted octanol–water partition coefficient (Wildman–Crippen LogP) is 4.67. The van der Waals surface area contributed by atoms with Crippen molar-refractivity contribution < 1.29 is 18.8 Å². The molecule has 0 unspecified atom stereocenters. The molecule has 0 radical (unpaired) electrons. The van der Waals surface area contributed by atoms with E-state index in [4.69, 9.17) is 14.0 Å². The fourth-order valence-electron chi connectivity index (χ4n) is 2.92. The molecule has 0 saturated heterocycles. The molecule has 0 atom stereocenters. The molecule has 0 aliphatic heterocycles. The fraction of sp³-hybridized carbons (Fsp3) is 0.0870. The van der Waals surface area contributed by atoms with Crippen molar-refractivity contribution in [3.8, 4) is 34.3 Å². The molecule has 0 bridgehead atoms. The quantitative estimate of drug-likeness (QED) is 0.505. The Morgan fingerprint density at radius 3 is 2.33 bits per heavy atom. The van der Waals surface area contributed by atoms with Gasteiger partial charge in [-0.15, -0.1) is 0 Å². The van der Waals surface area contributed by atoms with E-state index in [2.05, 4.69) is 15.5 Å². The van der Waals surface area contributed by atoms with Gasteiger partial charge in [-0.25, -0.2) is 0 Å². The van der Waals surface area contributed by atoms with Gasteiger partial charge >= 0.3 is 0 Å². The Labute approximate surface area is 173 Å². The van der Waals surface area contributed by atoms with Crippen LogP contribution in [0.2, 0.25) is 0 Å². The number of para-hydroxylation sites is 1. The number of benzene rings is 3. The second-order valence-corrected chi connectivity index (χ2v) is 6.38. The summed E-state index contributed by atoms with van der Waals surface area (Å²) in [7, 11) is 3.18. The van der Waals surface area contributed by atoms with Gasteiger partial charge in [-0.1, -0.05) is 17.3 Å². The number of nitrogens with one attached hydrogen (secondary N) is 1. The third-order valence-electron chi connectivity index (χ3n) is 4.52. The molecule has 4 aromatic rings. The number of nitrogens with zero attached hydrogens (tertiary/aromatic N) is 2. The smallest absolute Gasteiger partial charge is 0.258 e. The van der Waals surface area contributed by atoms with E-state index in [0.717, 1.165) is 11.1 Å². The van der Waals surface area contributed by atoms with Crippen LogP contribution in [0.15, 0.2) is 77.3 Å². The summed E-state index contributed by atoms with van der Waals surface area (Å²) in [5, 5.41) is 6.91. The Morgan fingerprint density at radius 2 is 1.63 bits per heavy atom. The molecule has 3 aromatic carbocycles. The van der Waals surface area contributed by atoms with Gasteiger partial charge in [-0.2, -0.15) is 4.98 Å². The molecule has 0 aliphatic carbocycles. The molecule has 1 amide bonds. The van der Waals surface area contributed by atoms with Crippen molar-refractivity contribution in [3.05, 3.63) is 78.4 Å². The molecular formula is C23H19N3O4. The standard InChI is InChI=1S/C23H19N3O4/c1-28-18-13-9-15(10-14-18)22(27)24-17-11-7-16(8-12-17)23-25-21(26-30-23)19-5-3-4-6-20(19)29-2/h3-14H,1-2H3,(H,24,27). The van der Waals surface area contributed by atoms with E-state index in [1.807, 2.05) is 36.4 Å². The molecule has 1 heterocycles. The number of hydrogen-bond acceptors (Lipinski definition) is 6. The molecular weight excluding hydrogens is 382 g/mol. The zero-order valence-corrected chi connectivity index (χ0v) is 16.5. The van der Waals surface area contributed by atoms with E-state index in [9.17, 15) is 4.79 Å². The number of anilines is 1. The van der Waals surface area contributed by atoms with Crippen molar-refractivity contribution >= 4 is 11.6 Å². The lowest BCUT2D eigenvalue weighted by Crippen LogP contribution is -2.11. The molecule has 0 aliphatic rings. The largest absolute Gasteiger partial charge is 0.497 e. The Balaban J connectivity index is 1.48. The zero-order valence-electron chi connectivity index (χ0n) is 16.5. The van der Waals surface area contributed by atoms with Crippen molar-refractivity contribution in [2.45, 2.75) is 0 Å². The average Bonchev–Trinajstić information content (AvgIpc) is 3.29. The molecule has 150 valence electrons. The number of hydrogen-bond donors (Lipinski definition) is 1. The van der Waals surface area contributed by atoms with E-state index < -0.39 is 0 Å². The lowest BCUT2D eigenvalue weighted by Gasteiger charge is -2.06.